The van der Waals surface area contributed by atoms with E-state index in [9.17, 15) is 4.79 Å². The average molecular weight is 335 g/mol. The van der Waals surface area contributed by atoms with Crippen molar-refractivity contribution in [3.05, 3.63) is 30.3 Å². The minimum atomic E-state index is -0.395. The third-order valence-corrected chi connectivity index (χ3v) is 4.02. The molecule has 0 aliphatic carbocycles. The van der Waals surface area contributed by atoms with Crippen molar-refractivity contribution >= 4 is 5.97 Å². The molecule has 0 aliphatic rings. The molecule has 136 valence electrons. The van der Waals surface area contributed by atoms with Crippen LogP contribution in [-0.4, -0.2) is 18.2 Å². The number of hydrogen-bond donors (Lipinski definition) is 0. The fraction of sp³-hybridized carbons (Fsp3) is 0.667. The maximum absolute atomic E-state index is 12.0. The molecule has 24 heavy (non-hydrogen) atoms. The van der Waals surface area contributed by atoms with Crippen molar-refractivity contribution in [1.29, 1.82) is 0 Å². The molecule has 1 atom stereocenters. The summed E-state index contributed by atoms with van der Waals surface area (Å²) in [6.45, 7) is 10.9. The van der Waals surface area contributed by atoms with Gasteiger partial charge in [0.1, 0.15) is 11.4 Å². The molecule has 0 N–H and O–H groups in total. The third kappa shape index (κ3) is 9.59. The summed E-state index contributed by atoms with van der Waals surface area (Å²) in [5, 5.41) is 0. The molecule has 3 heteroatoms. The first-order valence-corrected chi connectivity index (χ1v) is 9.17. The smallest absolute Gasteiger partial charge is 0.306 e. The van der Waals surface area contributed by atoms with Crippen LogP contribution in [0.1, 0.15) is 66.7 Å². The summed E-state index contributed by atoms with van der Waals surface area (Å²) in [5.74, 6) is 1.75. The molecule has 3 nitrogen and oxygen atoms in total. The molecule has 0 amide bonds. The Morgan fingerprint density at radius 3 is 2.29 bits per heavy atom. The van der Waals surface area contributed by atoms with E-state index in [1.807, 2.05) is 51.1 Å². The van der Waals surface area contributed by atoms with Crippen LogP contribution in [0.4, 0.5) is 0 Å². The van der Waals surface area contributed by atoms with Gasteiger partial charge in [-0.25, -0.2) is 0 Å². The lowest BCUT2D eigenvalue weighted by Gasteiger charge is -2.24. The van der Waals surface area contributed by atoms with Gasteiger partial charge in [0.2, 0.25) is 0 Å². The lowest BCUT2D eigenvalue weighted by atomic mass is 9.87. The van der Waals surface area contributed by atoms with Crippen LogP contribution in [0.3, 0.4) is 0 Å². The lowest BCUT2D eigenvalue weighted by molar-refractivity contribution is -0.156. The minimum absolute atomic E-state index is 0.0754. The standard InChI is InChI=1S/C21H34O3/c1-17(2)18(16-20(22)24-21(3,4)5)12-8-7-11-15-23-19-13-9-6-10-14-19/h6,9-10,13-14,17-18H,7-8,11-12,15-16H2,1-5H3. The molecule has 0 spiro atoms. The van der Waals surface area contributed by atoms with Gasteiger partial charge in [-0.05, 0) is 57.6 Å². The normalized spacial score (nSPS) is 12.9. The van der Waals surface area contributed by atoms with E-state index in [2.05, 4.69) is 13.8 Å². The number of benzene rings is 1. The Balaban J connectivity index is 2.20. The highest BCUT2D eigenvalue weighted by Crippen LogP contribution is 2.24. The zero-order valence-electron chi connectivity index (χ0n) is 16.0. The highest BCUT2D eigenvalue weighted by atomic mass is 16.6. The Hall–Kier alpha value is -1.51. The molecule has 0 saturated carbocycles. The van der Waals surface area contributed by atoms with Gasteiger partial charge in [0, 0.05) is 6.42 Å². The van der Waals surface area contributed by atoms with E-state index in [4.69, 9.17) is 9.47 Å². The Morgan fingerprint density at radius 2 is 1.71 bits per heavy atom. The van der Waals surface area contributed by atoms with E-state index in [-0.39, 0.29) is 5.97 Å². The molecule has 0 bridgehead atoms. The van der Waals surface area contributed by atoms with Crippen LogP contribution in [0, 0.1) is 11.8 Å². The number of hydrogen-bond acceptors (Lipinski definition) is 3. The second-order valence-corrected chi connectivity index (χ2v) is 7.81. The van der Waals surface area contributed by atoms with Gasteiger partial charge in [-0.3, -0.25) is 4.79 Å². The Labute approximate surface area is 147 Å². The fourth-order valence-electron chi connectivity index (χ4n) is 2.66. The summed E-state index contributed by atoms with van der Waals surface area (Å²) in [7, 11) is 0. The summed E-state index contributed by atoms with van der Waals surface area (Å²) in [6.07, 6.45) is 4.90. The summed E-state index contributed by atoms with van der Waals surface area (Å²) in [6, 6.07) is 9.92. The topological polar surface area (TPSA) is 35.5 Å². The number of para-hydroxylation sites is 1. The van der Waals surface area contributed by atoms with E-state index >= 15 is 0 Å². The monoisotopic (exact) mass is 334 g/mol. The number of rotatable bonds is 10. The van der Waals surface area contributed by atoms with Gasteiger partial charge in [-0.15, -0.1) is 0 Å². The van der Waals surface area contributed by atoms with Crippen LogP contribution in [0.5, 0.6) is 5.75 Å². The number of unbranched alkanes of at least 4 members (excludes halogenated alkanes) is 2. The van der Waals surface area contributed by atoms with Crippen molar-refractivity contribution in [1.82, 2.24) is 0 Å². The first kappa shape index (κ1) is 20.5. The highest BCUT2D eigenvalue weighted by Gasteiger charge is 2.22. The molecular weight excluding hydrogens is 300 g/mol. The minimum Gasteiger partial charge on any atom is -0.494 e. The molecule has 0 fully saturated rings. The quantitative estimate of drug-likeness (QED) is 0.411. The van der Waals surface area contributed by atoms with Crippen LogP contribution in [0.25, 0.3) is 0 Å². The second-order valence-electron chi connectivity index (χ2n) is 7.81. The molecule has 1 aromatic carbocycles. The van der Waals surface area contributed by atoms with Gasteiger partial charge in [-0.1, -0.05) is 44.9 Å². The summed E-state index contributed by atoms with van der Waals surface area (Å²) in [4.78, 5) is 12.0. The first-order chi connectivity index (χ1) is 11.3. The van der Waals surface area contributed by atoms with Crippen LogP contribution in [0.15, 0.2) is 30.3 Å². The molecule has 0 aromatic heterocycles. The predicted octanol–water partition coefficient (Wildman–Crippen LogP) is 5.63. The van der Waals surface area contributed by atoms with Crippen molar-refractivity contribution in [2.24, 2.45) is 11.8 Å². The van der Waals surface area contributed by atoms with Gasteiger partial charge in [0.15, 0.2) is 0 Å². The van der Waals surface area contributed by atoms with Gasteiger partial charge in [0.05, 0.1) is 6.61 Å². The zero-order chi connectivity index (χ0) is 18.0. The summed E-state index contributed by atoms with van der Waals surface area (Å²) >= 11 is 0. The molecule has 1 aromatic rings. The van der Waals surface area contributed by atoms with E-state index in [1.165, 1.54) is 0 Å². The lowest BCUT2D eigenvalue weighted by Crippen LogP contribution is -2.26. The van der Waals surface area contributed by atoms with Gasteiger partial charge in [-0.2, -0.15) is 0 Å². The third-order valence-electron chi connectivity index (χ3n) is 4.02. The molecule has 1 unspecified atom stereocenters. The molecule has 0 aliphatic heterocycles. The average Bonchev–Trinajstić information content (AvgIpc) is 2.48. The van der Waals surface area contributed by atoms with Crippen molar-refractivity contribution in [2.75, 3.05) is 6.61 Å². The Bertz CT molecular complexity index is 460. The molecule has 0 radical (unpaired) electrons. The first-order valence-electron chi connectivity index (χ1n) is 9.17. The van der Waals surface area contributed by atoms with Gasteiger partial charge < -0.3 is 9.47 Å². The van der Waals surface area contributed by atoms with Crippen molar-refractivity contribution < 1.29 is 14.3 Å². The summed E-state index contributed by atoms with van der Waals surface area (Å²) in [5.41, 5.74) is -0.395. The van der Waals surface area contributed by atoms with Crippen LogP contribution in [0.2, 0.25) is 0 Å². The van der Waals surface area contributed by atoms with Crippen LogP contribution in [-0.2, 0) is 9.53 Å². The zero-order valence-corrected chi connectivity index (χ0v) is 16.0. The SMILES string of the molecule is CC(C)C(CCCCCOc1ccccc1)CC(=O)OC(C)(C)C. The van der Waals surface area contributed by atoms with E-state index in [0.29, 0.717) is 18.3 Å². The van der Waals surface area contributed by atoms with Crippen molar-refractivity contribution in [2.45, 2.75) is 72.3 Å². The van der Waals surface area contributed by atoms with Gasteiger partial charge in [0.25, 0.3) is 0 Å². The number of carbonyl (C=O) groups is 1. The van der Waals surface area contributed by atoms with E-state index < -0.39 is 5.60 Å². The van der Waals surface area contributed by atoms with Crippen molar-refractivity contribution in [3.8, 4) is 5.75 Å². The van der Waals surface area contributed by atoms with E-state index in [1.54, 1.807) is 0 Å². The van der Waals surface area contributed by atoms with Crippen LogP contribution < -0.4 is 4.74 Å². The maximum atomic E-state index is 12.0. The Kier molecular flexibility index (Phi) is 8.88. The molecular formula is C21H34O3. The molecule has 0 saturated heterocycles. The van der Waals surface area contributed by atoms with Crippen LogP contribution >= 0.6 is 0 Å². The maximum Gasteiger partial charge on any atom is 0.306 e. The Morgan fingerprint density at radius 1 is 1.04 bits per heavy atom. The number of carbonyl (C=O) groups excluding carboxylic acids is 1. The fourth-order valence-corrected chi connectivity index (χ4v) is 2.66. The molecule has 1 rings (SSSR count). The van der Waals surface area contributed by atoms with Gasteiger partial charge >= 0.3 is 5.97 Å². The highest BCUT2D eigenvalue weighted by molar-refractivity contribution is 5.70. The summed E-state index contributed by atoms with van der Waals surface area (Å²) < 4.78 is 11.2. The van der Waals surface area contributed by atoms with Crippen molar-refractivity contribution in [3.63, 3.8) is 0 Å². The predicted molar refractivity (Wildman–Crippen MR) is 99.2 cm³/mol. The largest absolute Gasteiger partial charge is 0.494 e. The van der Waals surface area contributed by atoms with E-state index in [0.717, 1.165) is 38.0 Å². The second kappa shape index (κ2) is 10.4. The molecule has 0 heterocycles. The number of esters is 1. The number of ether oxygens (including phenoxy) is 2.